The van der Waals surface area contributed by atoms with Crippen LogP contribution in [0.3, 0.4) is 0 Å². The Kier molecular flexibility index (Phi) is 20.2. The van der Waals surface area contributed by atoms with Crippen molar-refractivity contribution in [3.63, 3.8) is 0 Å². The van der Waals surface area contributed by atoms with Gasteiger partial charge < -0.3 is 68.9 Å². The molecule has 1 aromatic rings. The molecule has 0 aliphatic carbocycles. The largest absolute Gasteiger partial charge is 0.459 e. The Bertz CT molecular complexity index is 1770. The third-order valence-corrected chi connectivity index (χ3v) is 14.3. The van der Waals surface area contributed by atoms with Crippen molar-refractivity contribution in [1.82, 2.24) is 15.1 Å². The van der Waals surface area contributed by atoms with Gasteiger partial charge in [0, 0.05) is 58.1 Å². The van der Waals surface area contributed by atoms with Gasteiger partial charge in [-0.2, -0.15) is 0 Å². The van der Waals surface area contributed by atoms with Crippen LogP contribution in [0, 0.1) is 17.8 Å². The van der Waals surface area contributed by atoms with Gasteiger partial charge in [0.25, 0.3) is 5.91 Å². The normalized spacial score (nSPS) is 40.9. The number of carbonyl (C=O) groups excluding carboxylic acids is 3. The van der Waals surface area contributed by atoms with Crippen LogP contribution < -0.4 is 10.1 Å². The van der Waals surface area contributed by atoms with E-state index in [-0.39, 0.29) is 55.2 Å². The van der Waals surface area contributed by atoms with Gasteiger partial charge in [0.05, 0.1) is 47.1 Å². The minimum absolute atomic E-state index is 0.0862. The molecule has 1 amide bonds. The number of amides is 1. The number of hydrogen-bond donors (Lipinski definition) is 6. The zero-order valence-corrected chi connectivity index (χ0v) is 42.3. The number of benzene rings is 1. The third kappa shape index (κ3) is 13.9. The molecule has 18 heteroatoms. The Morgan fingerprint density at radius 1 is 0.955 bits per heavy atom. The van der Waals surface area contributed by atoms with Crippen molar-refractivity contribution in [2.45, 2.75) is 199 Å². The number of likely N-dealkylation sites (N-methyl/N-ethyl adjacent to an activating group) is 1. The molecule has 0 bridgehead atoms. The molecule has 0 saturated carbocycles. The van der Waals surface area contributed by atoms with Crippen molar-refractivity contribution >= 4 is 17.8 Å². The molecule has 3 aliphatic rings. The van der Waals surface area contributed by atoms with Crippen molar-refractivity contribution in [3.05, 3.63) is 29.8 Å². The molecule has 4 rings (SSSR count). The summed E-state index contributed by atoms with van der Waals surface area (Å²) in [4.78, 5) is 43.4. The number of cyclic esters (lactones) is 1. The second-order valence-electron chi connectivity index (χ2n) is 20.4. The van der Waals surface area contributed by atoms with Gasteiger partial charge in [-0.05, 0) is 106 Å². The molecule has 67 heavy (non-hydrogen) atoms. The zero-order valence-electron chi connectivity index (χ0n) is 42.3. The zero-order chi connectivity index (χ0) is 50.3. The van der Waals surface area contributed by atoms with E-state index in [1.807, 2.05) is 37.7 Å². The van der Waals surface area contributed by atoms with Crippen molar-refractivity contribution in [3.8, 4) is 5.75 Å². The summed E-state index contributed by atoms with van der Waals surface area (Å²) in [5, 5.41) is 62.8. The molecule has 18 atom stereocenters. The summed E-state index contributed by atoms with van der Waals surface area (Å²) in [5.74, 6) is -3.84. The van der Waals surface area contributed by atoms with Crippen molar-refractivity contribution in [2.24, 2.45) is 17.8 Å². The monoisotopic (exact) mass is 954 g/mol. The summed E-state index contributed by atoms with van der Waals surface area (Å²) in [6, 6.07) is 5.36. The lowest BCUT2D eigenvalue weighted by atomic mass is 9.77. The van der Waals surface area contributed by atoms with Gasteiger partial charge in [-0.3, -0.25) is 19.3 Å². The van der Waals surface area contributed by atoms with Gasteiger partial charge in [0.2, 0.25) is 0 Å². The first kappa shape index (κ1) is 56.7. The van der Waals surface area contributed by atoms with E-state index in [0.717, 1.165) is 0 Å². The average molecular weight is 954 g/mol. The molecule has 6 N–H and O–H groups in total. The molecule has 384 valence electrons. The van der Waals surface area contributed by atoms with E-state index in [0.29, 0.717) is 25.9 Å². The van der Waals surface area contributed by atoms with Crippen LogP contribution in [0.2, 0.25) is 0 Å². The van der Waals surface area contributed by atoms with E-state index < -0.39 is 108 Å². The van der Waals surface area contributed by atoms with Crippen molar-refractivity contribution in [2.75, 3.05) is 40.8 Å². The van der Waals surface area contributed by atoms with E-state index in [2.05, 4.69) is 5.32 Å². The van der Waals surface area contributed by atoms with Gasteiger partial charge in [-0.15, -0.1) is 0 Å². The number of esters is 2. The van der Waals surface area contributed by atoms with Gasteiger partial charge >= 0.3 is 11.9 Å². The summed E-state index contributed by atoms with van der Waals surface area (Å²) in [7, 11) is 5.22. The predicted octanol–water partition coefficient (Wildman–Crippen LogP) is 3.02. The summed E-state index contributed by atoms with van der Waals surface area (Å²) in [5.41, 5.74) is -4.52. The SMILES string of the molecule is CC[C@H]1OC(=O)[C@H](C)[C@@H](O[C@@H]2C[C@@](C)(OC)[C@@H](O)[C@H](C)O2)[C@H](C)[C@@H](O[C@@H]2O[C@H](C)C[C@H](N(C)C)[C@H]2O)[C@](C)(O)C[C@@H](C)CN(CCCNC(=O)c2ccccc2OC(C)=O)[C@H](C)[C@@H](O)[C@]1(C)O. The van der Waals surface area contributed by atoms with Crippen LogP contribution in [0.4, 0.5) is 0 Å². The van der Waals surface area contributed by atoms with Crippen molar-refractivity contribution in [1.29, 1.82) is 0 Å². The minimum atomic E-state index is -1.95. The lowest BCUT2D eigenvalue weighted by Gasteiger charge is -2.48. The molecule has 3 fully saturated rings. The van der Waals surface area contributed by atoms with Gasteiger partial charge in [0.15, 0.2) is 12.6 Å². The number of carbonyl (C=O) groups is 3. The molecule has 3 heterocycles. The van der Waals surface area contributed by atoms with E-state index in [1.54, 1.807) is 66.7 Å². The second-order valence-corrected chi connectivity index (χ2v) is 20.4. The van der Waals surface area contributed by atoms with E-state index >= 15 is 0 Å². The molecule has 3 aliphatic heterocycles. The van der Waals surface area contributed by atoms with E-state index in [1.165, 1.54) is 27.0 Å². The van der Waals surface area contributed by atoms with Crippen LogP contribution >= 0.6 is 0 Å². The van der Waals surface area contributed by atoms with Gasteiger partial charge in [-0.25, -0.2) is 0 Å². The van der Waals surface area contributed by atoms with Crippen LogP contribution in [-0.2, 0) is 38.0 Å². The number of para-hydroxylation sites is 1. The molecule has 18 nitrogen and oxygen atoms in total. The van der Waals surface area contributed by atoms with E-state index in [4.69, 9.17) is 33.2 Å². The summed E-state index contributed by atoms with van der Waals surface area (Å²) in [6.07, 6.45) is -8.92. The van der Waals surface area contributed by atoms with Crippen LogP contribution in [0.25, 0.3) is 0 Å². The molecule has 3 saturated heterocycles. The maximum Gasteiger partial charge on any atom is 0.311 e. The molecule has 1 aromatic carbocycles. The third-order valence-electron chi connectivity index (χ3n) is 14.3. The van der Waals surface area contributed by atoms with Gasteiger partial charge in [-0.1, -0.05) is 32.9 Å². The van der Waals surface area contributed by atoms with Crippen LogP contribution in [0.5, 0.6) is 5.75 Å². The van der Waals surface area contributed by atoms with Crippen molar-refractivity contribution < 1.29 is 73.1 Å². The summed E-state index contributed by atoms with van der Waals surface area (Å²) in [6.45, 7) is 19.4. The maximum atomic E-state index is 14.5. The second kappa shape index (κ2) is 23.8. The lowest BCUT2D eigenvalue weighted by Crippen LogP contribution is -2.60. The number of methoxy groups -OCH3 is 1. The Morgan fingerprint density at radius 2 is 1.61 bits per heavy atom. The average Bonchev–Trinajstić information content (AvgIpc) is 3.25. The number of aliphatic hydroxyl groups excluding tert-OH is 3. The number of hydrogen-bond acceptors (Lipinski definition) is 17. The highest BCUT2D eigenvalue weighted by Crippen LogP contribution is 2.40. The molecular formula is C49H83N3O15. The highest BCUT2D eigenvalue weighted by atomic mass is 16.7. The van der Waals surface area contributed by atoms with Crippen LogP contribution in [-0.4, -0.2) is 184 Å². The predicted molar refractivity (Wildman–Crippen MR) is 248 cm³/mol. The van der Waals surface area contributed by atoms with E-state index in [9.17, 15) is 39.9 Å². The molecule has 0 aromatic heterocycles. The number of nitrogens with one attached hydrogen (secondary N) is 1. The fourth-order valence-corrected chi connectivity index (χ4v) is 10.4. The smallest absolute Gasteiger partial charge is 0.311 e. The first-order valence-corrected chi connectivity index (χ1v) is 24.0. The Morgan fingerprint density at radius 3 is 2.22 bits per heavy atom. The highest BCUT2D eigenvalue weighted by molar-refractivity contribution is 5.97. The quantitative estimate of drug-likeness (QED) is 0.0948. The summed E-state index contributed by atoms with van der Waals surface area (Å²) < 4.78 is 43.2. The fourth-order valence-electron chi connectivity index (χ4n) is 10.4. The Hall–Kier alpha value is -2.85. The number of ether oxygens (including phenoxy) is 7. The fraction of sp³-hybridized carbons (Fsp3) is 0.816. The summed E-state index contributed by atoms with van der Waals surface area (Å²) >= 11 is 0. The Labute approximate surface area is 397 Å². The molecular weight excluding hydrogens is 871 g/mol. The number of aliphatic hydroxyl groups is 5. The molecule has 0 spiro atoms. The first-order chi connectivity index (χ1) is 31.2. The highest BCUT2D eigenvalue weighted by Gasteiger charge is 2.53. The first-order valence-electron chi connectivity index (χ1n) is 24.0. The number of rotatable bonds is 13. The Balaban J connectivity index is 1.76. The topological polar surface area (TPSA) is 235 Å². The number of nitrogens with zero attached hydrogens (tertiary/aromatic N) is 2. The molecule has 0 unspecified atom stereocenters. The standard InChI is InChI=1S/C49H83N3O15/c1-15-37-49(11,60)41(55)31(6)52(22-18-21-50-44(57)34-19-16-17-20-36(34)64-33(8)53)26-27(2)24-47(9,59)43(67-46-39(54)35(51(12)13)23-28(3)62-46)29(4)40(30(5)45(58)65-37)66-38-25-48(10,61-14)42(56)32(7)63-38/h16-17,19-20,27-32,35,37-43,46,54-56,59-60H,15,18,21-26H2,1-14H3,(H,50,57)/t27-,28-,29+,30-,31-,32+,35+,37-,38-,39-,40+,41-,42+,43-,46+,47-,48-,49-/m1/s1. The molecule has 0 radical (unpaired) electrons. The maximum absolute atomic E-state index is 14.5. The van der Waals surface area contributed by atoms with Crippen LogP contribution in [0.15, 0.2) is 24.3 Å². The van der Waals surface area contributed by atoms with Crippen LogP contribution in [0.1, 0.15) is 119 Å². The lowest BCUT2D eigenvalue weighted by molar-refractivity contribution is -0.318. The minimum Gasteiger partial charge on any atom is -0.459 e. The van der Waals surface area contributed by atoms with Gasteiger partial charge in [0.1, 0.15) is 35.8 Å².